The van der Waals surface area contributed by atoms with E-state index in [1.807, 2.05) is 5.48 Å². The van der Waals surface area contributed by atoms with Gasteiger partial charge in [0.25, 0.3) is 0 Å². The molecule has 1 fully saturated rings. The summed E-state index contributed by atoms with van der Waals surface area (Å²) in [5.41, 5.74) is 2.61. The summed E-state index contributed by atoms with van der Waals surface area (Å²) < 4.78 is 20.4. The summed E-state index contributed by atoms with van der Waals surface area (Å²) >= 11 is 4.35. The Morgan fingerprint density at radius 2 is 2.31 bits per heavy atom. The highest BCUT2D eigenvalue weighted by Gasteiger charge is 2.26. The number of anilines is 1. The lowest BCUT2D eigenvalue weighted by Gasteiger charge is -2.36. The van der Waals surface area contributed by atoms with Crippen molar-refractivity contribution in [1.82, 2.24) is 20.1 Å². The summed E-state index contributed by atoms with van der Waals surface area (Å²) in [4.78, 5) is 4.21. The molecule has 1 aliphatic rings. The van der Waals surface area contributed by atoms with Gasteiger partial charge in [0, 0.05) is 31.8 Å². The molecule has 140 valence electrons. The Bertz CT molecular complexity index is 784. The summed E-state index contributed by atoms with van der Waals surface area (Å²) in [6, 6.07) is 4.21. The van der Waals surface area contributed by atoms with E-state index in [-0.39, 0.29) is 16.0 Å². The van der Waals surface area contributed by atoms with E-state index >= 15 is 0 Å². The first-order valence-corrected chi connectivity index (χ1v) is 9.36. The third-order valence-corrected chi connectivity index (χ3v) is 5.08. The zero-order chi connectivity index (χ0) is 18.5. The van der Waals surface area contributed by atoms with Gasteiger partial charge in [-0.3, -0.25) is 15.8 Å². The number of nitrogens with two attached hydrogens (primary N) is 1. The molecule has 5 N–H and O–H groups in total. The van der Waals surface area contributed by atoms with Crippen molar-refractivity contribution in [3.05, 3.63) is 34.2 Å². The van der Waals surface area contributed by atoms with Gasteiger partial charge in [-0.25, -0.2) is 18.3 Å². The number of halogens is 2. The Morgan fingerprint density at radius 3 is 3.00 bits per heavy atom. The van der Waals surface area contributed by atoms with Crippen molar-refractivity contribution in [1.29, 1.82) is 0 Å². The minimum Gasteiger partial charge on any atom is -0.365 e. The van der Waals surface area contributed by atoms with Crippen molar-refractivity contribution in [2.75, 3.05) is 25.0 Å². The van der Waals surface area contributed by atoms with E-state index in [0.29, 0.717) is 24.0 Å². The van der Waals surface area contributed by atoms with Crippen molar-refractivity contribution in [3.63, 3.8) is 0 Å². The number of benzene rings is 1. The van der Waals surface area contributed by atoms with Gasteiger partial charge in [0.15, 0.2) is 11.5 Å². The molecule has 3 rings (SSSR count). The molecule has 12 heteroatoms. The summed E-state index contributed by atoms with van der Waals surface area (Å²) in [5, 5.41) is 25.6. The van der Waals surface area contributed by atoms with Gasteiger partial charge in [-0.05, 0) is 56.8 Å². The number of amidine groups is 1. The van der Waals surface area contributed by atoms with Crippen LogP contribution in [0.3, 0.4) is 0 Å². The number of nitrogens with one attached hydrogen (secondary N) is 2. The molecule has 0 amide bonds. The maximum absolute atomic E-state index is 13.3. The number of hydroxylamine groups is 1. The van der Waals surface area contributed by atoms with Crippen LogP contribution in [0.15, 0.2) is 32.3 Å². The predicted molar refractivity (Wildman–Crippen MR) is 99.5 cm³/mol. The molecule has 1 aromatic carbocycles. The monoisotopic (exact) mass is 445 g/mol. The number of hydrogen-bond acceptors (Lipinski definition) is 9. The highest BCUT2D eigenvalue weighted by molar-refractivity contribution is 9.10. The van der Waals surface area contributed by atoms with Crippen LogP contribution in [0.25, 0.3) is 0 Å². The van der Waals surface area contributed by atoms with Crippen LogP contribution in [0.5, 0.6) is 0 Å². The van der Waals surface area contributed by atoms with Gasteiger partial charge >= 0.3 is 0 Å². The molecular formula is C14H17BrFN7O2S. The Hall–Kier alpha value is -1.73. The molecule has 0 radical (unpaired) electrons. The highest BCUT2D eigenvalue weighted by atomic mass is 79.9. The zero-order valence-corrected chi connectivity index (χ0v) is 15.9. The van der Waals surface area contributed by atoms with Crippen molar-refractivity contribution in [2.45, 2.75) is 6.42 Å². The van der Waals surface area contributed by atoms with Gasteiger partial charge in [-0.1, -0.05) is 0 Å². The van der Waals surface area contributed by atoms with Gasteiger partial charge in [-0.2, -0.15) is 0 Å². The van der Waals surface area contributed by atoms with Crippen LogP contribution in [-0.2, 0) is 0 Å². The van der Waals surface area contributed by atoms with Crippen molar-refractivity contribution >= 4 is 45.4 Å². The lowest BCUT2D eigenvalue weighted by Crippen LogP contribution is -2.43. The Labute approximate surface area is 161 Å². The fourth-order valence-corrected chi connectivity index (χ4v) is 3.42. The van der Waals surface area contributed by atoms with E-state index in [1.54, 1.807) is 0 Å². The molecule has 0 bridgehead atoms. The highest BCUT2D eigenvalue weighted by Crippen LogP contribution is 2.24. The van der Waals surface area contributed by atoms with Crippen LogP contribution >= 0.6 is 28.1 Å². The van der Waals surface area contributed by atoms with Crippen LogP contribution < -0.4 is 15.9 Å². The fourth-order valence-electron chi connectivity index (χ4n) is 2.46. The second-order valence-electron chi connectivity index (χ2n) is 5.67. The van der Waals surface area contributed by atoms with Gasteiger partial charge in [0.05, 0.1) is 10.2 Å². The molecule has 0 atom stereocenters. The molecule has 1 aromatic heterocycles. The third kappa shape index (κ3) is 4.51. The van der Waals surface area contributed by atoms with E-state index < -0.39 is 5.82 Å². The molecule has 9 nitrogen and oxygen atoms in total. The van der Waals surface area contributed by atoms with Crippen LogP contribution in [0.1, 0.15) is 12.1 Å². The van der Waals surface area contributed by atoms with E-state index in [9.17, 15) is 9.60 Å². The third-order valence-electron chi connectivity index (χ3n) is 3.88. The van der Waals surface area contributed by atoms with Crippen molar-refractivity contribution < 1.29 is 14.2 Å². The van der Waals surface area contributed by atoms with E-state index in [4.69, 9.17) is 9.77 Å². The van der Waals surface area contributed by atoms with Crippen LogP contribution in [0.4, 0.5) is 15.9 Å². The van der Waals surface area contributed by atoms with Gasteiger partial charge in [0.1, 0.15) is 5.82 Å². The molecule has 0 unspecified atom stereocenters. The Balaban J connectivity index is 1.65. The number of nitrogens with zero attached hydrogens (tertiary/aromatic N) is 4. The van der Waals surface area contributed by atoms with Crippen LogP contribution in [0.2, 0.25) is 0 Å². The first-order valence-electron chi connectivity index (χ1n) is 7.73. The Morgan fingerprint density at radius 1 is 1.50 bits per heavy atom. The van der Waals surface area contributed by atoms with Crippen molar-refractivity contribution in [3.8, 4) is 0 Å². The smallest absolute Gasteiger partial charge is 0.202 e. The molecule has 1 saturated heterocycles. The molecule has 0 spiro atoms. The lowest BCUT2D eigenvalue weighted by atomic mass is 9.99. The maximum Gasteiger partial charge on any atom is 0.202 e. The molecule has 2 aromatic rings. The summed E-state index contributed by atoms with van der Waals surface area (Å²) in [6.07, 6.45) is 0.938. The number of aliphatic imine (C=N–C) groups is 1. The fraction of sp³-hybridized carbons (Fsp3) is 0.357. The summed E-state index contributed by atoms with van der Waals surface area (Å²) in [6.45, 7) is 2.57. The maximum atomic E-state index is 13.3. The first kappa shape index (κ1) is 19.0. The second kappa shape index (κ2) is 8.77. The van der Waals surface area contributed by atoms with Crippen LogP contribution in [-0.4, -0.2) is 45.3 Å². The molecule has 2 heterocycles. The topological polar surface area (TPSA) is 125 Å². The van der Waals surface area contributed by atoms with E-state index in [0.717, 1.165) is 19.5 Å². The molecular weight excluding hydrogens is 429 g/mol. The Kier molecular flexibility index (Phi) is 6.43. The normalized spacial score (nSPS) is 15.8. The zero-order valence-electron chi connectivity index (χ0n) is 13.5. The quantitative estimate of drug-likeness (QED) is 0.219. The number of hydrogen-bond donors (Lipinski definition) is 4. The van der Waals surface area contributed by atoms with Crippen LogP contribution in [0, 0.1) is 11.7 Å². The molecule has 26 heavy (non-hydrogen) atoms. The largest absolute Gasteiger partial charge is 0.365 e. The molecule has 1 aliphatic heterocycles. The lowest BCUT2D eigenvalue weighted by molar-refractivity contribution is 0.212. The molecule has 0 saturated carbocycles. The average molecular weight is 446 g/mol. The van der Waals surface area contributed by atoms with Gasteiger partial charge in [-0.15, -0.1) is 0 Å². The van der Waals surface area contributed by atoms with E-state index in [2.05, 4.69) is 40.9 Å². The van der Waals surface area contributed by atoms with Gasteiger partial charge < -0.3 is 5.32 Å². The first-order chi connectivity index (χ1) is 12.6. The summed E-state index contributed by atoms with van der Waals surface area (Å²) in [5.74, 6) is 0.551. The minimum absolute atomic E-state index is 0.0293. The standard InChI is InChI=1S/C14H17BrFN7O2S/c15-10-5-9(1-2-11(10)16)19-14(20-24)12-13(22-25-21-12)18-4-3-8-6-23(7-8)26-17/h1-2,5,8,24H,3-4,6-7,17H2,(H,18,22)(H,19,20). The number of aromatic nitrogens is 2. The second-order valence-corrected chi connectivity index (χ2v) is 7.25. The SMILES string of the molecule is NSN1CC(CCNc2nonc2C(=Nc2ccc(F)c(Br)c2)NO)C1. The van der Waals surface area contributed by atoms with Gasteiger partial charge in [0.2, 0.25) is 5.82 Å². The molecule has 0 aliphatic carbocycles. The minimum atomic E-state index is -0.407. The number of rotatable bonds is 7. The predicted octanol–water partition coefficient (Wildman–Crippen LogP) is 2.28. The average Bonchev–Trinajstić information content (AvgIpc) is 3.06. The van der Waals surface area contributed by atoms with E-state index in [1.165, 1.54) is 30.3 Å². The summed E-state index contributed by atoms with van der Waals surface area (Å²) in [7, 11) is 0. The van der Waals surface area contributed by atoms with Crippen molar-refractivity contribution in [2.24, 2.45) is 16.0 Å².